The average molecular weight is 341 g/mol. The van der Waals surface area contributed by atoms with Crippen molar-refractivity contribution >= 4 is 23.2 Å². The monoisotopic (exact) mass is 340 g/mol. The van der Waals surface area contributed by atoms with Crippen molar-refractivity contribution in [3.8, 4) is 34.5 Å². The van der Waals surface area contributed by atoms with E-state index < -0.39 is 0 Å². The van der Waals surface area contributed by atoms with Crippen LogP contribution in [-0.4, -0.2) is 10.2 Å². The fourth-order valence-corrected chi connectivity index (χ4v) is 2.94. The van der Waals surface area contributed by atoms with Crippen LogP contribution in [0, 0.1) is 27.7 Å². The molecule has 6 heteroatoms. The molecule has 1 heterocycles. The van der Waals surface area contributed by atoms with Crippen LogP contribution in [0.2, 0.25) is 10.0 Å². The molecule has 0 spiro atoms. The Morgan fingerprint density at radius 2 is 1.00 bits per heavy atom. The van der Waals surface area contributed by atoms with E-state index >= 15 is 0 Å². The van der Waals surface area contributed by atoms with Gasteiger partial charge in [-0.15, -0.1) is 0 Å². The summed E-state index contributed by atoms with van der Waals surface area (Å²) in [7, 11) is 0. The van der Waals surface area contributed by atoms with E-state index in [1.807, 2.05) is 13.8 Å². The predicted molar refractivity (Wildman–Crippen MR) is 85.3 cm³/mol. The van der Waals surface area contributed by atoms with Crippen LogP contribution in [0.15, 0.2) is 0 Å². The van der Waals surface area contributed by atoms with Gasteiger partial charge in [0.05, 0.1) is 5.02 Å². The van der Waals surface area contributed by atoms with Crippen LogP contribution in [0.1, 0.15) is 22.3 Å². The molecule has 0 aliphatic carbocycles. The largest absolute Gasteiger partial charge is 0.504 e. The molecule has 0 fully saturated rings. The van der Waals surface area contributed by atoms with Gasteiger partial charge in [0, 0.05) is 16.7 Å². The summed E-state index contributed by atoms with van der Waals surface area (Å²) in [6, 6.07) is 0. The number of phenols is 2. The van der Waals surface area contributed by atoms with E-state index in [0.717, 1.165) is 11.1 Å². The molecular formula is C16H14Cl2O4. The van der Waals surface area contributed by atoms with E-state index in [1.54, 1.807) is 13.8 Å². The lowest BCUT2D eigenvalue weighted by Crippen LogP contribution is -2.06. The highest BCUT2D eigenvalue weighted by Gasteiger charge is 2.31. The van der Waals surface area contributed by atoms with Gasteiger partial charge in [0.2, 0.25) is 0 Å². The van der Waals surface area contributed by atoms with Gasteiger partial charge in [0.1, 0.15) is 5.02 Å². The quantitative estimate of drug-likeness (QED) is 0.527. The zero-order chi connectivity index (χ0) is 16.3. The lowest BCUT2D eigenvalue weighted by Gasteiger charge is -2.27. The number of fused-ring (bicyclic) bond motifs is 2. The molecule has 116 valence electrons. The van der Waals surface area contributed by atoms with Crippen LogP contribution in [0.3, 0.4) is 0 Å². The molecule has 22 heavy (non-hydrogen) atoms. The first-order chi connectivity index (χ1) is 10.3. The predicted octanol–water partition coefficient (Wildman–Crippen LogP) is 5.54. The lowest BCUT2D eigenvalue weighted by atomic mass is 10.0. The zero-order valence-electron chi connectivity index (χ0n) is 12.5. The molecule has 0 amide bonds. The van der Waals surface area contributed by atoms with Crippen LogP contribution in [0.4, 0.5) is 0 Å². The third-order valence-corrected chi connectivity index (χ3v) is 4.99. The van der Waals surface area contributed by atoms with Crippen molar-refractivity contribution in [3.63, 3.8) is 0 Å². The number of hydrogen-bond donors (Lipinski definition) is 2. The second-order valence-electron chi connectivity index (χ2n) is 5.35. The van der Waals surface area contributed by atoms with Crippen LogP contribution in [-0.2, 0) is 0 Å². The van der Waals surface area contributed by atoms with Crippen molar-refractivity contribution < 1.29 is 19.7 Å². The van der Waals surface area contributed by atoms with Crippen molar-refractivity contribution in [3.05, 3.63) is 32.3 Å². The summed E-state index contributed by atoms with van der Waals surface area (Å²) < 4.78 is 11.8. The second kappa shape index (κ2) is 4.86. The van der Waals surface area contributed by atoms with Crippen LogP contribution in [0.25, 0.3) is 0 Å². The maximum Gasteiger partial charge on any atom is 0.190 e. The Bertz CT molecular complexity index is 693. The number of halogens is 2. The smallest absolute Gasteiger partial charge is 0.190 e. The molecule has 2 aromatic rings. The molecule has 1 aliphatic rings. The van der Waals surface area contributed by atoms with E-state index in [2.05, 4.69) is 0 Å². The standard InChI is InChI=1S/C16H14Cl2O4/c1-5-6(2)13-16(10(18)9(5)17)22-15-8(4)12(20)11(19)7(3)14(15)21-13/h19-20H,1-4H3. The highest BCUT2D eigenvalue weighted by molar-refractivity contribution is 6.43. The van der Waals surface area contributed by atoms with E-state index in [-0.39, 0.29) is 16.5 Å². The van der Waals surface area contributed by atoms with Crippen molar-refractivity contribution in [1.29, 1.82) is 0 Å². The SMILES string of the molecule is Cc1c(C)c2c(c(Cl)c1Cl)Oc1c(C)c(O)c(O)c(C)c1O2. The van der Waals surface area contributed by atoms with Crippen molar-refractivity contribution in [2.45, 2.75) is 27.7 Å². The molecule has 2 aromatic carbocycles. The summed E-state index contributed by atoms with van der Waals surface area (Å²) in [5, 5.41) is 20.6. The molecule has 0 radical (unpaired) electrons. The van der Waals surface area contributed by atoms with E-state index in [4.69, 9.17) is 32.7 Å². The van der Waals surface area contributed by atoms with Gasteiger partial charge in [0.15, 0.2) is 34.5 Å². The summed E-state index contributed by atoms with van der Waals surface area (Å²) in [5.41, 5.74) is 2.37. The molecule has 1 aliphatic heterocycles. The molecule has 0 saturated carbocycles. The van der Waals surface area contributed by atoms with Gasteiger partial charge in [-0.05, 0) is 33.3 Å². The van der Waals surface area contributed by atoms with Gasteiger partial charge in [-0.2, -0.15) is 0 Å². The fourth-order valence-electron chi connectivity index (χ4n) is 2.44. The summed E-state index contributed by atoms with van der Waals surface area (Å²) >= 11 is 12.5. The van der Waals surface area contributed by atoms with Crippen LogP contribution >= 0.6 is 23.2 Å². The molecule has 0 aromatic heterocycles. The molecule has 0 saturated heterocycles. The van der Waals surface area contributed by atoms with Gasteiger partial charge >= 0.3 is 0 Å². The Hall–Kier alpha value is -1.78. The third kappa shape index (κ3) is 1.84. The number of aromatic hydroxyl groups is 2. The minimum Gasteiger partial charge on any atom is -0.504 e. The molecule has 2 N–H and O–H groups in total. The summed E-state index contributed by atoms with van der Waals surface area (Å²) in [6.45, 7) is 6.96. The maximum atomic E-state index is 9.98. The van der Waals surface area contributed by atoms with Gasteiger partial charge in [0.25, 0.3) is 0 Å². The minimum absolute atomic E-state index is 0.224. The van der Waals surface area contributed by atoms with Crippen LogP contribution < -0.4 is 9.47 Å². The van der Waals surface area contributed by atoms with Gasteiger partial charge in [-0.25, -0.2) is 0 Å². The molecule has 0 atom stereocenters. The Morgan fingerprint density at radius 1 is 0.591 bits per heavy atom. The summed E-state index contributed by atoms with van der Waals surface area (Å²) in [6.07, 6.45) is 0. The number of ether oxygens (including phenoxy) is 2. The highest BCUT2D eigenvalue weighted by Crippen LogP contribution is 2.58. The number of benzene rings is 2. The first-order valence-electron chi connectivity index (χ1n) is 6.64. The maximum absolute atomic E-state index is 9.98. The van der Waals surface area contributed by atoms with E-state index in [0.29, 0.717) is 39.1 Å². The van der Waals surface area contributed by atoms with Crippen molar-refractivity contribution in [1.82, 2.24) is 0 Å². The zero-order valence-corrected chi connectivity index (χ0v) is 14.0. The van der Waals surface area contributed by atoms with E-state index in [9.17, 15) is 10.2 Å². The summed E-state index contributed by atoms with van der Waals surface area (Å²) in [4.78, 5) is 0. The van der Waals surface area contributed by atoms with Crippen molar-refractivity contribution in [2.75, 3.05) is 0 Å². The summed E-state index contributed by atoms with van der Waals surface area (Å²) in [5.74, 6) is 0.997. The van der Waals surface area contributed by atoms with Gasteiger partial charge in [-0.1, -0.05) is 23.2 Å². The number of phenolic OH excluding ortho intramolecular Hbond substituents is 2. The normalized spacial score (nSPS) is 12.3. The highest BCUT2D eigenvalue weighted by atomic mass is 35.5. The Labute approximate surface area is 137 Å². The van der Waals surface area contributed by atoms with Crippen molar-refractivity contribution in [2.24, 2.45) is 0 Å². The Kier molecular flexibility index (Phi) is 3.34. The second-order valence-corrected chi connectivity index (χ2v) is 6.10. The van der Waals surface area contributed by atoms with E-state index in [1.165, 1.54) is 0 Å². The van der Waals surface area contributed by atoms with Gasteiger partial charge < -0.3 is 19.7 Å². The molecular weight excluding hydrogens is 327 g/mol. The number of hydrogen-bond acceptors (Lipinski definition) is 4. The first-order valence-corrected chi connectivity index (χ1v) is 7.40. The fraction of sp³-hybridized carbons (Fsp3) is 0.250. The molecule has 4 nitrogen and oxygen atoms in total. The third-order valence-electron chi connectivity index (χ3n) is 4.06. The first kappa shape index (κ1) is 15.1. The molecule has 0 unspecified atom stereocenters. The molecule has 0 bridgehead atoms. The Balaban J connectivity index is 2.32. The Morgan fingerprint density at radius 3 is 1.50 bits per heavy atom. The average Bonchev–Trinajstić information content (AvgIpc) is 2.52. The minimum atomic E-state index is -0.241. The van der Waals surface area contributed by atoms with Crippen LogP contribution in [0.5, 0.6) is 34.5 Å². The topological polar surface area (TPSA) is 58.9 Å². The number of rotatable bonds is 0. The lowest BCUT2D eigenvalue weighted by molar-refractivity contribution is 0.337. The van der Waals surface area contributed by atoms with Gasteiger partial charge in [-0.3, -0.25) is 0 Å². The molecule has 3 rings (SSSR count).